The fraction of sp³-hybridized carbons (Fsp3) is 0.759. The van der Waals surface area contributed by atoms with Gasteiger partial charge in [0.1, 0.15) is 17.5 Å². The molecule has 0 bridgehead atoms. The van der Waals surface area contributed by atoms with Crippen LogP contribution < -0.4 is 0 Å². The number of aliphatic hydroxyl groups is 4. The summed E-state index contributed by atoms with van der Waals surface area (Å²) in [5.41, 5.74) is -3.43. The first-order valence-corrected chi connectivity index (χ1v) is 13.6. The van der Waals surface area contributed by atoms with Crippen molar-refractivity contribution < 1.29 is 39.5 Å². The molecule has 3 fully saturated rings. The highest BCUT2D eigenvalue weighted by atomic mass is 16.6. The smallest absolute Gasteiger partial charge is 0.334 e. The Morgan fingerprint density at radius 3 is 2.43 bits per heavy atom. The van der Waals surface area contributed by atoms with E-state index in [1.807, 2.05) is 13.8 Å². The molecule has 0 aromatic heterocycles. The second-order valence-corrected chi connectivity index (χ2v) is 12.9. The van der Waals surface area contributed by atoms with Gasteiger partial charge in [-0.05, 0) is 75.9 Å². The van der Waals surface area contributed by atoms with Crippen LogP contribution in [0.3, 0.4) is 0 Å². The summed E-state index contributed by atoms with van der Waals surface area (Å²) >= 11 is 0. The molecule has 8 nitrogen and oxygen atoms in total. The largest absolute Gasteiger partial charge is 0.456 e. The van der Waals surface area contributed by atoms with Gasteiger partial charge in [-0.15, -0.1) is 0 Å². The highest BCUT2D eigenvalue weighted by Crippen LogP contribution is 2.67. The zero-order chi connectivity index (χ0) is 27.3. The van der Waals surface area contributed by atoms with Crippen LogP contribution in [0.5, 0.6) is 0 Å². The minimum absolute atomic E-state index is 0.0734. The lowest BCUT2D eigenvalue weighted by Gasteiger charge is -2.59. The molecule has 8 heteroatoms. The Morgan fingerprint density at radius 2 is 1.78 bits per heavy atom. The number of allylic oxidation sites excluding steroid dienone is 1. The molecule has 0 spiro atoms. The number of hydrogen-bond donors (Lipinski definition) is 4. The van der Waals surface area contributed by atoms with Crippen LogP contribution in [-0.2, 0) is 19.1 Å². The first-order valence-electron chi connectivity index (χ1n) is 13.6. The molecular weight excluding hydrogens is 476 g/mol. The topological polar surface area (TPSA) is 141 Å². The summed E-state index contributed by atoms with van der Waals surface area (Å²) in [6.07, 6.45) is 0.501. The highest BCUT2D eigenvalue weighted by Gasteiger charge is 2.72. The van der Waals surface area contributed by atoms with Gasteiger partial charge in [-0.1, -0.05) is 19.4 Å². The fourth-order valence-corrected chi connectivity index (χ4v) is 8.76. The van der Waals surface area contributed by atoms with Crippen molar-refractivity contribution >= 4 is 17.5 Å². The molecular formula is C29H40O8. The Kier molecular flexibility index (Phi) is 6.00. The van der Waals surface area contributed by atoms with E-state index >= 15 is 0 Å². The molecule has 0 unspecified atom stereocenters. The molecule has 4 N–H and O–H groups in total. The van der Waals surface area contributed by atoms with E-state index in [1.165, 1.54) is 6.08 Å². The number of fused-ring (bicyclic) bond motifs is 5. The molecule has 4 aliphatic carbocycles. The van der Waals surface area contributed by atoms with E-state index in [4.69, 9.17) is 4.74 Å². The van der Waals surface area contributed by atoms with Crippen LogP contribution in [0.1, 0.15) is 79.6 Å². The first-order chi connectivity index (χ1) is 17.1. The number of hydrogen-bond acceptors (Lipinski definition) is 8. The number of ketones is 2. The van der Waals surface area contributed by atoms with Gasteiger partial charge in [0.25, 0.3) is 0 Å². The SMILES string of the molecule is CCC1=C(C)C(=O)O[C@H]([C@](C)(O)[C@H]2CC[C@@]3(O)C4=CC(=O)[C@@H]5C[C@@H](O)[C@@H](O)C[C@]5(C)[C@H]4CC(=O)[C@]23C)C1. The standard InChI is InChI=1S/C29H40O8/c1-6-15-9-24(37-25(34)14(15)2)28(5,35)22-7-8-29(36)17-10-19(30)18-11-20(31)21(32)13-26(18,3)16(17)12-23(33)27(22,29)4/h10,16,18,20-22,24,31-32,35-36H,6-9,11-13H2,1-5H3/t16-,18-,20+,21-,22-,24-,26+,27-,28+,29+/m0/s1. The lowest BCUT2D eigenvalue weighted by Crippen LogP contribution is -2.66. The number of rotatable bonds is 3. The highest BCUT2D eigenvalue weighted by molar-refractivity contribution is 5.98. The van der Waals surface area contributed by atoms with Gasteiger partial charge in [-0.3, -0.25) is 9.59 Å². The van der Waals surface area contributed by atoms with Crippen molar-refractivity contribution in [3.63, 3.8) is 0 Å². The average molecular weight is 517 g/mol. The van der Waals surface area contributed by atoms with Gasteiger partial charge in [0, 0.05) is 30.3 Å². The molecule has 0 amide bonds. The third kappa shape index (κ3) is 3.38. The molecule has 0 aromatic carbocycles. The van der Waals surface area contributed by atoms with Gasteiger partial charge in [-0.2, -0.15) is 0 Å². The van der Waals surface area contributed by atoms with Gasteiger partial charge in [0.15, 0.2) is 5.78 Å². The zero-order valence-corrected chi connectivity index (χ0v) is 22.4. The Bertz CT molecular complexity index is 1120. The maximum atomic E-state index is 14.1. The second-order valence-electron chi connectivity index (χ2n) is 12.9. The second kappa shape index (κ2) is 8.31. The average Bonchev–Trinajstić information content (AvgIpc) is 3.12. The number of carbonyl (C=O) groups excluding carboxylic acids is 3. The predicted octanol–water partition coefficient (Wildman–Crippen LogP) is 2.16. The third-order valence-corrected chi connectivity index (χ3v) is 11.3. The van der Waals surface area contributed by atoms with Crippen molar-refractivity contribution in [2.24, 2.45) is 28.6 Å². The summed E-state index contributed by atoms with van der Waals surface area (Å²) in [6.45, 7) is 8.83. The van der Waals surface area contributed by atoms with Crippen molar-refractivity contribution in [2.75, 3.05) is 0 Å². The van der Waals surface area contributed by atoms with Crippen LogP contribution in [0.25, 0.3) is 0 Å². The molecule has 0 aromatic rings. The molecule has 1 aliphatic heterocycles. The lowest BCUT2D eigenvalue weighted by atomic mass is 9.45. The molecule has 1 heterocycles. The van der Waals surface area contributed by atoms with Crippen molar-refractivity contribution in [3.8, 4) is 0 Å². The number of cyclic esters (lactones) is 1. The molecule has 3 saturated carbocycles. The van der Waals surface area contributed by atoms with Crippen LogP contribution in [0.15, 0.2) is 22.8 Å². The van der Waals surface area contributed by atoms with Crippen molar-refractivity contribution in [3.05, 3.63) is 22.8 Å². The Morgan fingerprint density at radius 1 is 1.11 bits per heavy atom. The van der Waals surface area contributed by atoms with Crippen LogP contribution in [0.2, 0.25) is 0 Å². The molecule has 204 valence electrons. The number of Topliss-reactive ketones (excluding diaryl/α,β-unsaturated/α-hetero) is 1. The van der Waals surface area contributed by atoms with E-state index in [0.29, 0.717) is 30.4 Å². The van der Waals surface area contributed by atoms with Crippen molar-refractivity contribution in [1.82, 2.24) is 0 Å². The van der Waals surface area contributed by atoms with Gasteiger partial charge < -0.3 is 25.2 Å². The van der Waals surface area contributed by atoms with Crippen LogP contribution in [0, 0.1) is 28.6 Å². The van der Waals surface area contributed by atoms with E-state index < -0.39 is 64.1 Å². The van der Waals surface area contributed by atoms with Crippen LogP contribution in [0.4, 0.5) is 0 Å². The molecule has 5 aliphatic rings. The van der Waals surface area contributed by atoms with E-state index in [9.17, 15) is 34.8 Å². The normalized spacial score (nSPS) is 47.5. The Labute approximate surface area is 217 Å². The molecule has 37 heavy (non-hydrogen) atoms. The number of aliphatic hydroxyl groups excluding tert-OH is 2. The minimum atomic E-state index is -1.65. The zero-order valence-electron chi connectivity index (χ0n) is 22.4. The maximum Gasteiger partial charge on any atom is 0.334 e. The van der Waals surface area contributed by atoms with E-state index in [0.717, 1.165) is 5.57 Å². The molecule has 5 rings (SSSR count). The number of carbonyl (C=O) groups is 3. The van der Waals surface area contributed by atoms with Gasteiger partial charge in [-0.25, -0.2) is 4.79 Å². The maximum absolute atomic E-state index is 14.1. The van der Waals surface area contributed by atoms with Crippen molar-refractivity contribution in [2.45, 2.75) is 109 Å². The number of ether oxygens (including phenoxy) is 1. The summed E-state index contributed by atoms with van der Waals surface area (Å²) in [6, 6.07) is 0. The molecule has 0 radical (unpaired) electrons. The van der Waals surface area contributed by atoms with Crippen LogP contribution >= 0.6 is 0 Å². The van der Waals surface area contributed by atoms with Crippen molar-refractivity contribution in [1.29, 1.82) is 0 Å². The Hall–Kier alpha value is -1.87. The van der Waals surface area contributed by atoms with Crippen LogP contribution in [-0.4, -0.2) is 67.5 Å². The van der Waals surface area contributed by atoms with Gasteiger partial charge in [0.05, 0.1) is 23.2 Å². The first kappa shape index (κ1) is 26.7. The summed E-state index contributed by atoms with van der Waals surface area (Å²) in [5.74, 6) is -2.55. The lowest BCUT2D eigenvalue weighted by molar-refractivity contribution is -0.192. The van der Waals surface area contributed by atoms with E-state index in [2.05, 4.69) is 0 Å². The van der Waals surface area contributed by atoms with Gasteiger partial charge >= 0.3 is 5.97 Å². The quantitative estimate of drug-likeness (QED) is 0.418. The summed E-state index contributed by atoms with van der Waals surface area (Å²) in [5, 5.41) is 45.0. The number of esters is 1. The van der Waals surface area contributed by atoms with E-state index in [1.54, 1.807) is 20.8 Å². The van der Waals surface area contributed by atoms with Gasteiger partial charge in [0.2, 0.25) is 0 Å². The predicted molar refractivity (Wildman–Crippen MR) is 133 cm³/mol. The summed E-state index contributed by atoms with van der Waals surface area (Å²) in [7, 11) is 0. The fourth-order valence-electron chi connectivity index (χ4n) is 8.76. The minimum Gasteiger partial charge on any atom is -0.456 e. The third-order valence-electron chi connectivity index (χ3n) is 11.3. The monoisotopic (exact) mass is 516 g/mol. The molecule has 0 saturated heterocycles. The molecule has 10 atom stereocenters. The summed E-state index contributed by atoms with van der Waals surface area (Å²) in [4.78, 5) is 40.0. The summed E-state index contributed by atoms with van der Waals surface area (Å²) < 4.78 is 5.67. The van der Waals surface area contributed by atoms with E-state index in [-0.39, 0.29) is 37.2 Å². The Balaban J connectivity index is 1.55.